The lowest BCUT2D eigenvalue weighted by Crippen LogP contribution is -2.55. The molecular weight excluding hydrogens is 452 g/mol. The number of Topliss-reactive ketones (excluding diaryl/α,β-unsaturated/α-hetero) is 1. The summed E-state index contributed by atoms with van der Waals surface area (Å²) in [5.74, 6) is 2.79. The predicted octanol–water partition coefficient (Wildman–Crippen LogP) is 5.02. The Morgan fingerprint density at radius 3 is 2.31 bits per heavy atom. The Kier molecular flexibility index (Phi) is 7.96. The van der Waals surface area contributed by atoms with Crippen LogP contribution in [0.3, 0.4) is 0 Å². The fourth-order valence-corrected chi connectivity index (χ4v) is 9.14. The lowest BCUT2D eigenvalue weighted by atomic mass is 9.44. The topological polar surface area (TPSA) is 98.5 Å². The molecule has 6 heteroatoms. The van der Waals surface area contributed by atoms with Crippen LogP contribution in [-0.2, 0) is 19.1 Å². The van der Waals surface area contributed by atoms with E-state index in [0.29, 0.717) is 23.0 Å². The maximum absolute atomic E-state index is 12.8. The van der Waals surface area contributed by atoms with Gasteiger partial charge in [-0.25, -0.2) is 4.79 Å². The van der Waals surface area contributed by atoms with Crippen molar-refractivity contribution in [3.63, 3.8) is 0 Å². The molecule has 11 atom stereocenters. The summed E-state index contributed by atoms with van der Waals surface area (Å²) < 4.78 is 5.94. The Morgan fingerprint density at radius 2 is 1.64 bits per heavy atom. The molecule has 4 fully saturated rings. The summed E-state index contributed by atoms with van der Waals surface area (Å²) in [6, 6.07) is -1.30. The molecule has 3 N–H and O–H groups in total. The van der Waals surface area contributed by atoms with Crippen molar-refractivity contribution in [3.05, 3.63) is 0 Å². The monoisotopic (exact) mass is 502 g/mol. The van der Waals surface area contributed by atoms with Gasteiger partial charge in [-0.3, -0.25) is 9.59 Å². The molecule has 0 heterocycles. The van der Waals surface area contributed by atoms with Gasteiger partial charge in [0.05, 0.1) is 6.04 Å². The van der Waals surface area contributed by atoms with Crippen LogP contribution in [0.5, 0.6) is 0 Å². The molecule has 36 heavy (non-hydrogen) atoms. The Balaban J connectivity index is 1.35. The third-order valence-corrected chi connectivity index (χ3v) is 11.7. The zero-order chi connectivity index (χ0) is 26.4. The molecule has 0 spiro atoms. The molecule has 0 aliphatic heterocycles. The second kappa shape index (κ2) is 10.4. The third kappa shape index (κ3) is 4.76. The maximum Gasteiger partial charge on any atom is 0.328 e. The van der Waals surface area contributed by atoms with E-state index < -0.39 is 12.1 Å². The van der Waals surface area contributed by atoms with Gasteiger partial charge in [-0.1, -0.05) is 34.1 Å². The number of carbonyl (C=O) groups excluding carboxylic acids is 3. The van der Waals surface area contributed by atoms with Gasteiger partial charge in [-0.15, -0.1) is 0 Å². The minimum Gasteiger partial charge on any atom is -0.461 e. The maximum atomic E-state index is 12.8. The van der Waals surface area contributed by atoms with Crippen molar-refractivity contribution < 1.29 is 19.1 Å². The average Bonchev–Trinajstić information content (AvgIpc) is 3.20. The summed E-state index contributed by atoms with van der Waals surface area (Å²) in [6.07, 6.45) is 10.8. The summed E-state index contributed by atoms with van der Waals surface area (Å²) in [5, 5.41) is 2.76. The minimum atomic E-state index is -0.690. The van der Waals surface area contributed by atoms with Gasteiger partial charge in [0.2, 0.25) is 5.91 Å². The smallest absolute Gasteiger partial charge is 0.328 e. The molecule has 204 valence electrons. The fourth-order valence-electron chi connectivity index (χ4n) is 9.14. The molecule has 6 nitrogen and oxygen atoms in total. The Morgan fingerprint density at radius 1 is 0.972 bits per heavy atom. The molecule has 1 unspecified atom stereocenters. The van der Waals surface area contributed by atoms with Crippen LogP contribution in [-0.4, -0.2) is 35.8 Å². The number of nitrogens with two attached hydrogens (primary N) is 1. The minimum absolute atomic E-state index is 0.0644. The van der Waals surface area contributed by atoms with Crippen LogP contribution >= 0.6 is 0 Å². The van der Waals surface area contributed by atoms with E-state index in [1.807, 2.05) is 13.8 Å². The molecule has 4 saturated carbocycles. The van der Waals surface area contributed by atoms with Gasteiger partial charge >= 0.3 is 5.97 Å². The number of esters is 1. The number of ketones is 1. The van der Waals surface area contributed by atoms with E-state index in [-0.39, 0.29) is 35.2 Å². The lowest BCUT2D eigenvalue weighted by molar-refractivity contribution is -0.165. The number of amides is 1. The van der Waals surface area contributed by atoms with E-state index in [2.05, 4.69) is 19.2 Å². The first kappa shape index (κ1) is 27.6. The molecular formula is C30H50N2O4. The first-order valence-electron chi connectivity index (χ1n) is 14.7. The second-order valence-electron chi connectivity index (χ2n) is 13.4. The van der Waals surface area contributed by atoms with Crippen molar-refractivity contribution in [3.8, 4) is 0 Å². The molecule has 0 aromatic heterocycles. The second-order valence-corrected chi connectivity index (χ2v) is 13.4. The summed E-state index contributed by atoms with van der Waals surface area (Å²) in [4.78, 5) is 37.6. The van der Waals surface area contributed by atoms with E-state index in [1.54, 1.807) is 13.8 Å². The molecule has 0 bridgehead atoms. The number of rotatable bonds is 7. The molecule has 0 saturated heterocycles. The van der Waals surface area contributed by atoms with Crippen LogP contribution in [0.15, 0.2) is 0 Å². The number of hydrogen-bond donors (Lipinski definition) is 2. The molecule has 1 amide bonds. The highest BCUT2D eigenvalue weighted by molar-refractivity contribution is 5.87. The highest BCUT2D eigenvalue weighted by Crippen LogP contribution is 2.67. The first-order valence-corrected chi connectivity index (χ1v) is 14.7. The Bertz CT molecular complexity index is 860. The largest absolute Gasteiger partial charge is 0.461 e. The van der Waals surface area contributed by atoms with Crippen LogP contribution < -0.4 is 11.1 Å². The molecule has 0 radical (unpaired) electrons. The number of nitrogens with one attached hydrogen (secondary N) is 1. The number of fused-ring (bicyclic) bond motifs is 5. The van der Waals surface area contributed by atoms with Crippen molar-refractivity contribution in [1.82, 2.24) is 5.32 Å². The van der Waals surface area contributed by atoms with Crippen LogP contribution in [0.2, 0.25) is 0 Å². The Hall–Kier alpha value is -1.43. The highest BCUT2D eigenvalue weighted by atomic mass is 16.5. The van der Waals surface area contributed by atoms with Gasteiger partial charge in [0.25, 0.3) is 0 Å². The summed E-state index contributed by atoms with van der Waals surface area (Å²) in [7, 11) is 0. The third-order valence-electron chi connectivity index (χ3n) is 11.7. The summed E-state index contributed by atoms with van der Waals surface area (Å²) in [6.45, 7) is 12.4. The van der Waals surface area contributed by atoms with Gasteiger partial charge < -0.3 is 15.8 Å². The quantitative estimate of drug-likeness (QED) is 0.476. The normalized spacial score (nSPS) is 42.2. The molecule has 4 aliphatic rings. The molecule has 0 aromatic carbocycles. The van der Waals surface area contributed by atoms with E-state index in [0.717, 1.165) is 43.9 Å². The van der Waals surface area contributed by atoms with E-state index in [4.69, 9.17) is 10.5 Å². The lowest BCUT2D eigenvalue weighted by Gasteiger charge is -2.61. The molecule has 4 rings (SSSR count). The van der Waals surface area contributed by atoms with E-state index >= 15 is 0 Å². The SMILES string of the molecule is CCC(C)[C@@H](N)C(=O)N[C@@H](C)C(=O)O[C@@H]1CC[C@@]2(C)[C@@H](CC[C@@H]3[C@@H]2CC[C@]2(C)[C@@H](C(C)=O)CC[C@@H]32)C1. The van der Waals surface area contributed by atoms with Gasteiger partial charge in [0, 0.05) is 5.92 Å². The van der Waals surface area contributed by atoms with E-state index in [9.17, 15) is 14.4 Å². The molecule has 0 aromatic rings. The van der Waals surface area contributed by atoms with Crippen molar-refractivity contribution in [2.24, 2.45) is 52.1 Å². The molecule has 4 aliphatic carbocycles. The van der Waals surface area contributed by atoms with Crippen LogP contribution in [0, 0.1) is 46.3 Å². The Labute approximate surface area is 218 Å². The standard InChI is InChI=1S/C30H50N2O4/c1-7-17(2)26(31)27(34)32-18(3)28(35)36-21-12-14-29(5)20(16-21)8-9-22-24-11-10-23(19(4)33)30(24,6)15-13-25(22)29/h17-18,20-26H,7-16,31H2,1-6H3,(H,32,34)/t17?,18-,20-,21+,22-,23+,24-,25-,26+,29-,30+/m0/s1. The number of carbonyl (C=O) groups is 3. The van der Waals surface area contributed by atoms with Crippen LogP contribution in [0.4, 0.5) is 0 Å². The van der Waals surface area contributed by atoms with Gasteiger partial charge in [0.1, 0.15) is 17.9 Å². The summed E-state index contributed by atoms with van der Waals surface area (Å²) >= 11 is 0. The van der Waals surface area contributed by atoms with Crippen molar-refractivity contribution in [2.45, 2.75) is 124 Å². The van der Waals surface area contributed by atoms with Crippen LogP contribution in [0.25, 0.3) is 0 Å². The summed E-state index contributed by atoms with van der Waals surface area (Å²) in [5.41, 5.74) is 6.52. The van der Waals surface area contributed by atoms with Gasteiger partial charge in [-0.05, 0) is 112 Å². The van der Waals surface area contributed by atoms with Gasteiger partial charge in [-0.2, -0.15) is 0 Å². The number of ether oxygens (including phenoxy) is 1. The van der Waals surface area contributed by atoms with Crippen molar-refractivity contribution in [2.75, 3.05) is 0 Å². The fraction of sp³-hybridized carbons (Fsp3) is 0.900. The van der Waals surface area contributed by atoms with E-state index in [1.165, 1.54) is 32.1 Å². The zero-order valence-electron chi connectivity index (χ0n) is 23.5. The zero-order valence-corrected chi connectivity index (χ0v) is 23.5. The average molecular weight is 503 g/mol. The first-order chi connectivity index (χ1) is 16.9. The van der Waals surface area contributed by atoms with Gasteiger partial charge in [0.15, 0.2) is 0 Å². The highest BCUT2D eigenvalue weighted by Gasteiger charge is 2.61. The van der Waals surface area contributed by atoms with Crippen molar-refractivity contribution >= 4 is 17.7 Å². The van der Waals surface area contributed by atoms with Crippen molar-refractivity contribution in [1.29, 1.82) is 0 Å². The predicted molar refractivity (Wildman–Crippen MR) is 141 cm³/mol. The number of hydrogen-bond acceptors (Lipinski definition) is 5. The van der Waals surface area contributed by atoms with Crippen LogP contribution in [0.1, 0.15) is 106 Å².